The van der Waals surface area contributed by atoms with Crippen LogP contribution in [-0.2, 0) is 0 Å². The van der Waals surface area contributed by atoms with Gasteiger partial charge in [0, 0.05) is 15.8 Å². The molecule has 1 aromatic carbocycles. The largest absolute Gasteiger partial charge is 0.301 e. The number of hydrazone groups is 1. The summed E-state index contributed by atoms with van der Waals surface area (Å²) in [5.74, 6) is 0. The van der Waals surface area contributed by atoms with Crippen LogP contribution in [-0.4, -0.2) is 5.71 Å². The lowest BCUT2D eigenvalue weighted by Crippen LogP contribution is -2.07. The maximum absolute atomic E-state index is 4.43. The van der Waals surface area contributed by atoms with Crippen LogP contribution in [0.5, 0.6) is 0 Å². The molecule has 0 fully saturated rings. The highest BCUT2D eigenvalue weighted by Crippen LogP contribution is 2.27. The van der Waals surface area contributed by atoms with Crippen molar-refractivity contribution in [1.82, 2.24) is 5.43 Å². The SMILES string of the molecule is Brc1ccc(C2=NNC(c3cccs3)C2)cc1. The molecule has 4 heteroatoms. The van der Waals surface area contributed by atoms with Crippen LogP contribution >= 0.6 is 27.3 Å². The van der Waals surface area contributed by atoms with Gasteiger partial charge in [-0.05, 0) is 29.1 Å². The maximum Gasteiger partial charge on any atom is 0.0838 e. The summed E-state index contributed by atoms with van der Waals surface area (Å²) < 4.78 is 1.10. The van der Waals surface area contributed by atoms with E-state index in [0.717, 1.165) is 16.6 Å². The van der Waals surface area contributed by atoms with Gasteiger partial charge in [0.15, 0.2) is 0 Å². The Morgan fingerprint density at radius 2 is 2.06 bits per heavy atom. The number of nitrogens with zero attached hydrogens (tertiary/aromatic N) is 1. The van der Waals surface area contributed by atoms with Crippen molar-refractivity contribution in [2.45, 2.75) is 12.5 Å². The Bertz CT molecular complexity index is 531. The van der Waals surface area contributed by atoms with Gasteiger partial charge in [0.2, 0.25) is 0 Å². The van der Waals surface area contributed by atoms with Crippen molar-refractivity contribution in [3.05, 3.63) is 56.7 Å². The van der Waals surface area contributed by atoms with Crippen molar-refractivity contribution in [1.29, 1.82) is 0 Å². The van der Waals surface area contributed by atoms with Gasteiger partial charge in [0.1, 0.15) is 0 Å². The molecule has 3 rings (SSSR count). The zero-order chi connectivity index (χ0) is 11.7. The van der Waals surface area contributed by atoms with Crippen molar-refractivity contribution < 1.29 is 0 Å². The van der Waals surface area contributed by atoms with Crippen molar-refractivity contribution in [2.24, 2.45) is 5.10 Å². The summed E-state index contributed by atoms with van der Waals surface area (Å²) in [4.78, 5) is 1.35. The number of thiophene rings is 1. The molecule has 2 aromatic rings. The molecule has 0 aliphatic carbocycles. The fourth-order valence-corrected chi connectivity index (χ4v) is 2.95. The molecule has 1 aliphatic heterocycles. The predicted octanol–water partition coefficient (Wildman–Crippen LogP) is 3.95. The quantitative estimate of drug-likeness (QED) is 0.892. The number of nitrogens with one attached hydrogen (secondary N) is 1. The first-order valence-electron chi connectivity index (χ1n) is 5.44. The molecule has 0 saturated carbocycles. The zero-order valence-corrected chi connectivity index (χ0v) is 11.5. The van der Waals surface area contributed by atoms with Crippen LogP contribution in [0.25, 0.3) is 0 Å². The van der Waals surface area contributed by atoms with E-state index in [1.54, 1.807) is 11.3 Å². The van der Waals surface area contributed by atoms with Crippen LogP contribution < -0.4 is 5.43 Å². The van der Waals surface area contributed by atoms with E-state index in [0.29, 0.717) is 6.04 Å². The first-order chi connectivity index (χ1) is 8.33. The minimum Gasteiger partial charge on any atom is -0.301 e. The van der Waals surface area contributed by atoms with Crippen LogP contribution in [0.15, 0.2) is 51.4 Å². The van der Waals surface area contributed by atoms with Gasteiger partial charge < -0.3 is 5.43 Å². The monoisotopic (exact) mass is 306 g/mol. The van der Waals surface area contributed by atoms with Gasteiger partial charge in [-0.2, -0.15) is 5.10 Å². The van der Waals surface area contributed by atoms with E-state index in [2.05, 4.69) is 68.2 Å². The fourth-order valence-electron chi connectivity index (χ4n) is 1.92. The molecule has 0 radical (unpaired) electrons. The molecule has 0 saturated heterocycles. The third kappa shape index (κ3) is 2.28. The van der Waals surface area contributed by atoms with E-state index in [4.69, 9.17) is 0 Å². The van der Waals surface area contributed by atoms with Gasteiger partial charge in [-0.25, -0.2) is 0 Å². The normalized spacial score (nSPS) is 18.9. The van der Waals surface area contributed by atoms with Crippen LogP contribution in [0.1, 0.15) is 22.9 Å². The van der Waals surface area contributed by atoms with Crippen LogP contribution in [0.4, 0.5) is 0 Å². The average Bonchev–Trinajstić information content (AvgIpc) is 3.00. The number of hydrogen-bond donors (Lipinski definition) is 1. The predicted molar refractivity (Wildman–Crippen MR) is 75.5 cm³/mol. The summed E-state index contributed by atoms with van der Waals surface area (Å²) in [6, 6.07) is 12.9. The lowest BCUT2D eigenvalue weighted by Gasteiger charge is -2.06. The van der Waals surface area contributed by atoms with Gasteiger partial charge in [-0.1, -0.05) is 34.1 Å². The van der Waals surface area contributed by atoms with E-state index < -0.39 is 0 Å². The second-order valence-corrected chi connectivity index (χ2v) is 5.86. The molecule has 0 amide bonds. The molecule has 1 atom stereocenters. The summed E-state index contributed by atoms with van der Waals surface area (Å²) in [5.41, 5.74) is 5.54. The van der Waals surface area contributed by atoms with Gasteiger partial charge in [0.25, 0.3) is 0 Å². The Hall–Kier alpha value is -1.13. The molecule has 2 heterocycles. The topological polar surface area (TPSA) is 24.4 Å². The Balaban J connectivity index is 1.77. The Morgan fingerprint density at radius 1 is 1.24 bits per heavy atom. The maximum atomic E-state index is 4.43. The second kappa shape index (κ2) is 4.63. The van der Waals surface area contributed by atoms with Gasteiger partial charge in [-0.3, -0.25) is 0 Å². The molecule has 2 nitrogen and oxygen atoms in total. The second-order valence-electron chi connectivity index (χ2n) is 3.97. The first kappa shape index (κ1) is 11.0. The van der Waals surface area contributed by atoms with Gasteiger partial charge in [0.05, 0.1) is 11.8 Å². The van der Waals surface area contributed by atoms with Crippen molar-refractivity contribution in [3.63, 3.8) is 0 Å². The molecule has 17 heavy (non-hydrogen) atoms. The molecule has 0 bridgehead atoms. The standard InChI is InChI=1S/C13H11BrN2S/c14-10-5-3-9(4-6-10)11-8-12(16-15-11)13-2-1-7-17-13/h1-7,12,16H,8H2. The zero-order valence-electron chi connectivity index (χ0n) is 9.06. The number of rotatable bonds is 2. The lowest BCUT2D eigenvalue weighted by atomic mass is 10.0. The summed E-state index contributed by atoms with van der Waals surface area (Å²) in [6.45, 7) is 0. The summed E-state index contributed by atoms with van der Waals surface area (Å²) in [5, 5.41) is 6.54. The molecular weight excluding hydrogens is 296 g/mol. The van der Waals surface area contributed by atoms with E-state index >= 15 is 0 Å². The first-order valence-corrected chi connectivity index (χ1v) is 7.11. The molecule has 1 aliphatic rings. The average molecular weight is 307 g/mol. The van der Waals surface area contributed by atoms with Gasteiger partial charge in [-0.15, -0.1) is 11.3 Å². The number of hydrogen-bond acceptors (Lipinski definition) is 3. The van der Waals surface area contributed by atoms with E-state index in [9.17, 15) is 0 Å². The Labute approximate surface area is 113 Å². The van der Waals surface area contributed by atoms with Crippen LogP contribution in [0.2, 0.25) is 0 Å². The molecule has 1 N–H and O–H groups in total. The van der Waals surface area contributed by atoms with Crippen LogP contribution in [0, 0.1) is 0 Å². The summed E-state index contributed by atoms with van der Waals surface area (Å²) >= 11 is 5.22. The van der Waals surface area contributed by atoms with Crippen molar-refractivity contribution in [2.75, 3.05) is 0 Å². The van der Waals surface area contributed by atoms with Crippen LogP contribution in [0.3, 0.4) is 0 Å². The van der Waals surface area contributed by atoms with Crippen molar-refractivity contribution in [3.8, 4) is 0 Å². The lowest BCUT2D eigenvalue weighted by molar-refractivity contribution is 0.630. The molecule has 0 spiro atoms. The molecule has 86 valence electrons. The van der Waals surface area contributed by atoms with Gasteiger partial charge >= 0.3 is 0 Å². The fraction of sp³-hybridized carbons (Fsp3) is 0.154. The highest BCUT2D eigenvalue weighted by Gasteiger charge is 2.21. The van der Waals surface area contributed by atoms with E-state index in [1.807, 2.05) is 0 Å². The molecule has 1 unspecified atom stereocenters. The highest BCUT2D eigenvalue weighted by atomic mass is 79.9. The highest BCUT2D eigenvalue weighted by molar-refractivity contribution is 9.10. The summed E-state index contributed by atoms with van der Waals surface area (Å²) in [6.07, 6.45) is 0.960. The molecule has 1 aromatic heterocycles. The minimum absolute atomic E-state index is 0.341. The molecular formula is C13H11BrN2S. The van der Waals surface area contributed by atoms with E-state index in [-0.39, 0.29) is 0 Å². The van der Waals surface area contributed by atoms with E-state index in [1.165, 1.54) is 10.4 Å². The number of halogens is 1. The Kier molecular flexibility index (Phi) is 2.99. The third-order valence-electron chi connectivity index (χ3n) is 2.82. The van der Waals surface area contributed by atoms with Crippen molar-refractivity contribution >= 4 is 33.0 Å². The summed E-state index contributed by atoms with van der Waals surface area (Å²) in [7, 11) is 0. The number of benzene rings is 1. The Morgan fingerprint density at radius 3 is 2.76 bits per heavy atom. The third-order valence-corrected chi connectivity index (χ3v) is 4.33. The smallest absolute Gasteiger partial charge is 0.0838 e. The minimum atomic E-state index is 0.341.